The number of likely N-dealkylation sites (tertiary alicyclic amines) is 1. The fourth-order valence-electron chi connectivity index (χ4n) is 1.38. The number of nitrogens with zero attached hydrogens (tertiary/aromatic N) is 1. The van der Waals surface area contributed by atoms with Crippen LogP contribution in [0.4, 0.5) is 0 Å². The molecular formula is C7H13N2O2. The summed E-state index contributed by atoms with van der Waals surface area (Å²) in [6, 6.07) is -0.341. The van der Waals surface area contributed by atoms with Gasteiger partial charge in [0.2, 0.25) is 5.91 Å². The van der Waals surface area contributed by atoms with E-state index < -0.39 is 6.10 Å². The van der Waals surface area contributed by atoms with Gasteiger partial charge in [0.25, 0.3) is 0 Å². The highest BCUT2D eigenvalue weighted by molar-refractivity contribution is 5.79. The van der Waals surface area contributed by atoms with E-state index in [4.69, 9.17) is 5.73 Å². The number of amides is 1. The molecule has 2 N–H and O–H groups in total. The molecule has 1 aliphatic rings. The van der Waals surface area contributed by atoms with Crippen LogP contribution < -0.4 is 5.73 Å². The van der Waals surface area contributed by atoms with E-state index in [0.29, 0.717) is 19.4 Å². The zero-order chi connectivity index (χ0) is 8.43. The van der Waals surface area contributed by atoms with Crippen molar-refractivity contribution in [3.05, 3.63) is 0 Å². The Bertz CT molecular complexity index is 161. The lowest BCUT2D eigenvalue weighted by molar-refractivity contribution is -0.126. The van der Waals surface area contributed by atoms with E-state index in [1.165, 1.54) is 0 Å². The highest BCUT2D eigenvalue weighted by Crippen LogP contribution is 2.15. The predicted molar refractivity (Wildman–Crippen MR) is 39.3 cm³/mol. The first-order chi connectivity index (χ1) is 5.11. The van der Waals surface area contributed by atoms with Crippen LogP contribution in [0.25, 0.3) is 0 Å². The molecule has 11 heavy (non-hydrogen) atoms. The van der Waals surface area contributed by atoms with Gasteiger partial charge < -0.3 is 5.73 Å². The fraction of sp³-hybridized carbons (Fsp3) is 0.857. The Hall–Kier alpha value is -0.610. The molecule has 4 heteroatoms. The smallest absolute Gasteiger partial charge is 0.234 e. The first-order valence-corrected chi connectivity index (χ1v) is 3.76. The minimum Gasteiger partial charge on any atom is -0.368 e. The molecule has 1 saturated heterocycles. The van der Waals surface area contributed by atoms with Gasteiger partial charge in [-0.2, -0.15) is 0 Å². The number of hydrogen-bond acceptors (Lipinski definition) is 2. The normalized spacial score (nSPS) is 33.6. The van der Waals surface area contributed by atoms with Gasteiger partial charge in [0.05, 0.1) is 12.1 Å². The van der Waals surface area contributed by atoms with E-state index >= 15 is 0 Å². The number of piperidine rings is 1. The standard InChI is InChI=1S/C7H13N2O2/c1-9-3-2-5(10)4-6(9)7(8)11/h5-6H,2-4H2,1H3,(H2,8,11). The quantitative estimate of drug-likeness (QED) is 0.550. The second-order valence-electron chi connectivity index (χ2n) is 3.05. The molecule has 0 aliphatic carbocycles. The van der Waals surface area contributed by atoms with Crippen LogP contribution in [0.2, 0.25) is 0 Å². The molecule has 0 aromatic carbocycles. The van der Waals surface area contributed by atoms with Crippen molar-refractivity contribution in [1.82, 2.24) is 4.90 Å². The molecule has 63 valence electrons. The van der Waals surface area contributed by atoms with E-state index in [0.717, 1.165) is 0 Å². The number of carbonyl (C=O) groups excluding carboxylic acids is 1. The molecule has 0 aromatic rings. The van der Waals surface area contributed by atoms with Crippen molar-refractivity contribution in [2.75, 3.05) is 13.6 Å². The van der Waals surface area contributed by atoms with Crippen LogP contribution in [0.5, 0.6) is 0 Å². The van der Waals surface area contributed by atoms with Gasteiger partial charge in [-0.05, 0) is 13.5 Å². The number of likely N-dealkylation sites (N-methyl/N-ethyl adjacent to an activating group) is 1. The van der Waals surface area contributed by atoms with Crippen LogP contribution in [-0.2, 0) is 9.90 Å². The summed E-state index contributed by atoms with van der Waals surface area (Å²) in [6.07, 6.45) is 0.384. The summed E-state index contributed by atoms with van der Waals surface area (Å²) >= 11 is 0. The number of carbonyl (C=O) groups is 1. The molecule has 4 nitrogen and oxygen atoms in total. The lowest BCUT2D eigenvalue weighted by Crippen LogP contribution is -2.48. The maximum absolute atomic E-state index is 11.0. The lowest BCUT2D eigenvalue weighted by Gasteiger charge is -2.31. The topological polar surface area (TPSA) is 66.2 Å². The highest BCUT2D eigenvalue weighted by atomic mass is 16.3. The van der Waals surface area contributed by atoms with E-state index in [9.17, 15) is 9.90 Å². The maximum atomic E-state index is 11.0. The van der Waals surface area contributed by atoms with Crippen LogP contribution in [0.1, 0.15) is 12.8 Å². The van der Waals surface area contributed by atoms with E-state index in [2.05, 4.69) is 0 Å². The molecule has 0 aromatic heterocycles. The lowest BCUT2D eigenvalue weighted by atomic mass is 10.00. The van der Waals surface area contributed by atoms with Crippen LogP contribution in [0, 0.1) is 0 Å². The van der Waals surface area contributed by atoms with E-state index in [1.54, 1.807) is 0 Å². The Morgan fingerprint density at radius 2 is 2.27 bits per heavy atom. The molecule has 1 fully saturated rings. The Morgan fingerprint density at radius 3 is 2.73 bits per heavy atom. The van der Waals surface area contributed by atoms with Gasteiger partial charge in [-0.15, -0.1) is 0 Å². The number of primary amides is 1. The molecule has 0 saturated carbocycles. The first kappa shape index (κ1) is 8.49. The third kappa shape index (κ3) is 1.91. The maximum Gasteiger partial charge on any atom is 0.234 e. The second kappa shape index (κ2) is 3.19. The van der Waals surface area contributed by atoms with Crippen molar-refractivity contribution < 1.29 is 9.90 Å². The average molecular weight is 157 g/mol. The molecule has 2 atom stereocenters. The summed E-state index contributed by atoms with van der Waals surface area (Å²) in [7, 11) is 1.82. The van der Waals surface area contributed by atoms with Crippen molar-refractivity contribution in [1.29, 1.82) is 0 Å². The summed E-state index contributed by atoms with van der Waals surface area (Å²) in [4.78, 5) is 12.6. The third-order valence-corrected chi connectivity index (χ3v) is 2.15. The number of rotatable bonds is 1. The van der Waals surface area contributed by atoms with Crippen molar-refractivity contribution >= 4 is 5.91 Å². The summed E-state index contributed by atoms with van der Waals surface area (Å²) in [5, 5.41) is 11.0. The van der Waals surface area contributed by atoms with Crippen LogP contribution in [-0.4, -0.2) is 36.5 Å². The van der Waals surface area contributed by atoms with Crippen LogP contribution in [0.15, 0.2) is 0 Å². The van der Waals surface area contributed by atoms with Gasteiger partial charge in [0, 0.05) is 13.0 Å². The van der Waals surface area contributed by atoms with Crippen LogP contribution in [0.3, 0.4) is 0 Å². The summed E-state index contributed by atoms with van der Waals surface area (Å²) in [5.41, 5.74) is 5.10. The molecule has 1 amide bonds. The number of nitrogens with two attached hydrogens (primary N) is 1. The van der Waals surface area contributed by atoms with Gasteiger partial charge in [0.15, 0.2) is 0 Å². The molecule has 0 spiro atoms. The van der Waals surface area contributed by atoms with Gasteiger partial charge in [-0.25, -0.2) is 5.11 Å². The summed E-state index contributed by atoms with van der Waals surface area (Å²) in [6.45, 7) is 0.682. The monoisotopic (exact) mass is 157 g/mol. The van der Waals surface area contributed by atoms with E-state index in [-0.39, 0.29) is 11.9 Å². The van der Waals surface area contributed by atoms with Crippen LogP contribution >= 0.6 is 0 Å². The minimum absolute atomic E-state index is 0.341. The van der Waals surface area contributed by atoms with E-state index in [1.807, 2.05) is 11.9 Å². The zero-order valence-electron chi connectivity index (χ0n) is 6.62. The molecule has 1 heterocycles. The molecular weight excluding hydrogens is 144 g/mol. The SMILES string of the molecule is CN1CCC([O])CC1C(N)=O. The average Bonchev–Trinajstić information content (AvgIpc) is 1.94. The van der Waals surface area contributed by atoms with Gasteiger partial charge in [0.1, 0.15) is 0 Å². The molecule has 0 bridgehead atoms. The predicted octanol–water partition coefficient (Wildman–Crippen LogP) is -0.635. The zero-order valence-corrected chi connectivity index (χ0v) is 6.62. The fourth-order valence-corrected chi connectivity index (χ4v) is 1.38. The second-order valence-corrected chi connectivity index (χ2v) is 3.05. The van der Waals surface area contributed by atoms with Gasteiger partial charge in [-0.1, -0.05) is 0 Å². The Morgan fingerprint density at radius 1 is 1.64 bits per heavy atom. The largest absolute Gasteiger partial charge is 0.368 e. The molecule has 1 radical (unpaired) electrons. The Labute approximate surface area is 66.0 Å². The summed E-state index contributed by atoms with van der Waals surface area (Å²) < 4.78 is 0. The number of hydrogen-bond donors (Lipinski definition) is 1. The minimum atomic E-state index is -0.608. The highest BCUT2D eigenvalue weighted by Gasteiger charge is 2.29. The Kier molecular flexibility index (Phi) is 2.46. The Balaban J connectivity index is 2.54. The van der Waals surface area contributed by atoms with Crippen molar-refractivity contribution in [2.24, 2.45) is 5.73 Å². The first-order valence-electron chi connectivity index (χ1n) is 3.76. The molecule has 1 aliphatic heterocycles. The van der Waals surface area contributed by atoms with Crippen molar-refractivity contribution in [3.63, 3.8) is 0 Å². The van der Waals surface area contributed by atoms with Gasteiger partial charge in [-0.3, -0.25) is 9.69 Å². The summed E-state index contributed by atoms with van der Waals surface area (Å²) in [5.74, 6) is -0.381. The molecule has 1 rings (SSSR count). The van der Waals surface area contributed by atoms with Crippen molar-refractivity contribution in [3.8, 4) is 0 Å². The van der Waals surface area contributed by atoms with Gasteiger partial charge >= 0.3 is 0 Å². The third-order valence-electron chi connectivity index (χ3n) is 2.15. The molecule has 2 unspecified atom stereocenters. The van der Waals surface area contributed by atoms with Crippen molar-refractivity contribution in [2.45, 2.75) is 25.0 Å².